The maximum absolute atomic E-state index is 11.7. The molecule has 0 atom stereocenters. The highest BCUT2D eigenvalue weighted by Crippen LogP contribution is 2.31. The molecule has 2 rings (SSSR count). The second kappa shape index (κ2) is 5.03. The number of anilines is 1. The third kappa shape index (κ3) is 2.17. The number of fused-ring (bicyclic) bond motifs is 1. The molecular weight excluding hydrogens is 256 g/mol. The zero-order chi connectivity index (χ0) is 14.9. The van der Waals surface area contributed by atoms with Crippen molar-refractivity contribution in [2.45, 2.75) is 32.7 Å². The van der Waals surface area contributed by atoms with Gasteiger partial charge in [0.15, 0.2) is 0 Å². The molecule has 0 unspecified atom stereocenters. The minimum atomic E-state index is -0.956. The summed E-state index contributed by atoms with van der Waals surface area (Å²) >= 11 is 0. The van der Waals surface area contributed by atoms with Gasteiger partial charge in [-0.05, 0) is 32.4 Å². The van der Waals surface area contributed by atoms with Crippen molar-refractivity contribution in [1.29, 1.82) is 0 Å². The lowest BCUT2D eigenvalue weighted by molar-refractivity contribution is -0.124. The minimum absolute atomic E-state index is 0.247. The van der Waals surface area contributed by atoms with E-state index in [1.165, 1.54) is 0 Å². The number of hydrogen-bond donors (Lipinski definition) is 2. The van der Waals surface area contributed by atoms with Gasteiger partial charge in [0, 0.05) is 0 Å². The van der Waals surface area contributed by atoms with Gasteiger partial charge in [0.1, 0.15) is 16.8 Å². The molecule has 0 fully saturated rings. The van der Waals surface area contributed by atoms with Crippen LogP contribution in [-0.2, 0) is 10.3 Å². The first kappa shape index (κ1) is 14.2. The summed E-state index contributed by atoms with van der Waals surface area (Å²) in [4.78, 5) is 16.0. The van der Waals surface area contributed by atoms with Crippen molar-refractivity contribution < 1.29 is 9.53 Å². The fourth-order valence-corrected chi connectivity index (χ4v) is 2.12. The third-order valence-electron chi connectivity index (χ3n) is 3.30. The van der Waals surface area contributed by atoms with Gasteiger partial charge in [-0.1, -0.05) is 13.0 Å². The number of carbonyl (C=O) groups excluding carboxylic acids is 1. The van der Waals surface area contributed by atoms with Crippen LogP contribution in [0.2, 0.25) is 0 Å². The maximum Gasteiger partial charge on any atom is 0.243 e. The Hall–Kier alpha value is -2.24. The number of primary amides is 1. The van der Waals surface area contributed by atoms with Crippen LogP contribution in [-0.4, -0.2) is 22.1 Å². The predicted octanol–water partition coefficient (Wildman–Crippen LogP) is 1.63. The Balaban J connectivity index is 2.64. The van der Waals surface area contributed by atoms with Crippen LogP contribution in [0.15, 0.2) is 18.2 Å². The van der Waals surface area contributed by atoms with Gasteiger partial charge >= 0.3 is 0 Å². The largest absolute Gasteiger partial charge is 0.491 e. The highest BCUT2D eigenvalue weighted by Gasteiger charge is 2.31. The van der Waals surface area contributed by atoms with Crippen LogP contribution >= 0.6 is 0 Å². The highest BCUT2D eigenvalue weighted by atomic mass is 16.5. The first-order chi connectivity index (χ1) is 9.39. The van der Waals surface area contributed by atoms with Crippen LogP contribution in [0.3, 0.4) is 0 Å². The topological polar surface area (TPSA) is 96.2 Å². The van der Waals surface area contributed by atoms with Crippen LogP contribution in [0.4, 0.5) is 5.95 Å². The Morgan fingerprint density at radius 3 is 2.75 bits per heavy atom. The summed E-state index contributed by atoms with van der Waals surface area (Å²) in [6.45, 7) is 6.06. The molecule has 20 heavy (non-hydrogen) atoms. The number of ether oxygens (including phenoxy) is 1. The smallest absolute Gasteiger partial charge is 0.243 e. The summed E-state index contributed by atoms with van der Waals surface area (Å²) in [5.74, 6) is 0.440. The Morgan fingerprint density at radius 1 is 1.45 bits per heavy atom. The Bertz CT molecular complexity index is 646. The molecule has 6 nitrogen and oxygen atoms in total. The molecule has 0 aliphatic carbocycles. The number of hydrogen-bond acceptors (Lipinski definition) is 4. The Morgan fingerprint density at radius 2 is 2.15 bits per heavy atom. The van der Waals surface area contributed by atoms with Gasteiger partial charge in [-0.3, -0.25) is 9.36 Å². The van der Waals surface area contributed by atoms with Gasteiger partial charge < -0.3 is 16.2 Å². The molecule has 6 heteroatoms. The molecule has 0 saturated heterocycles. The lowest BCUT2D eigenvalue weighted by Gasteiger charge is -2.24. The number of amides is 1. The van der Waals surface area contributed by atoms with Crippen molar-refractivity contribution >= 4 is 22.9 Å². The number of para-hydroxylation sites is 1. The van der Waals surface area contributed by atoms with E-state index in [4.69, 9.17) is 16.2 Å². The summed E-state index contributed by atoms with van der Waals surface area (Å²) < 4.78 is 7.30. The molecule has 0 aliphatic heterocycles. The SMILES string of the molecule is CCCOc1cccc2c1nc(N)n2C(C)(C)C(N)=O. The number of aromatic nitrogens is 2. The van der Waals surface area contributed by atoms with Gasteiger partial charge in [0.25, 0.3) is 0 Å². The van der Waals surface area contributed by atoms with Crippen LogP contribution < -0.4 is 16.2 Å². The zero-order valence-corrected chi connectivity index (χ0v) is 12.0. The first-order valence-corrected chi connectivity index (χ1v) is 6.59. The third-order valence-corrected chi connectivity index (χ3v) is 3.30. The van der Waals surface area contributed by atoms with Crippen molar-refractivity contribution in [2.75, 3.05) is 12.3 Å². The average Bonchev–Trinajstić information content (AvgIpc) is 2.73. The van der Waals surface area contributed by atoms with E-state index in [0.29, 0.717) is 17.9 Å². The molecule has 1 aromatic carbocycles. The first-order valence-electron chi connectivity index (χ1n) is 6.59. The lowest BCUT2D eigenvalue weighted by Crippen LogP contribution is -2.41. The molecule has 1 aromatic heterocycles. The molecule has 0 spiro atoms. The van der Waals surface area contributed by atoms with Crippen molar-refractivity contribution in [1.82, 2.24) is 9.55 Å². The molecule has 1 heterocycles. The van der Waals surface area contributed by atoms with Crippen molar-refractivity contribution in [3.05, 3.63) is 18.2 Å². The van der Waals surface area contributed by atoms with Crippen LogP contribution in [0.25, 0.3) is 11.0 Å². The van der Waals surface area contributed by atoms with Crippen LogP contribution in [0.1, 0.15) is 27.2 Å². The number of nitrogen functional groups attached to an aromatic ring is 1. The standard InChI is InChI=1S/C14H20N4O2/c1-4-8-20-10-7-5-6-9-11(10)17-13(16)18(9)14(2,3)12(15)19/h5-7H,4,8H2,1-3H3,(H2,15,19)(H2,16,17). The van der Waals surface area contributed by atoms with E-state index >= 15 is 0 Å². The highest BCUT2D eigenvalue weighted by molar-refractivity contribution is 5.89. The van der Waals surface area contributed by atoms with Crippen molar-refractivity contribution in [3.8, 4) is 5.75 Å². The van der Waals surface area contributed by atoms with Crippen molar-refractivity contribution in [3.63, 3.8) is 0 Å². The second-order valence-electron chi connectivity index (χ2n) is 5.20. The zero-order valence-electron chi connectivity index (χ0n) is 12.0. The summed E-state index contributed by atoms with van der Waals surface area (Å²) in [6, 6.07) is 5.54. The normalized spacial score (nSPS) is 11.8. The fourth-order valence-electron chi connectivity index (χ4n) is 2.12. The molecule has 1 amide bonds. The number of carbonyl (C=O) groups is 1. The summed E-state index contributed by atoms with van der Waals surface area (Å²) in [5.41, 5.74) is 11.9. The van der Waals surface area contributed by atoms with E-state index in [2.05, 4.69) is 4.98 Å². The van der Waals surface area contributed by atoms with E-state index in [9.17, 15) is 4.79 Å². The predicted molar refractivity (Wildman–Crippen MR) is 78.4 cm³/mol. The van der Waals surface area contributed by atoms with Crippen LogP contribution in [0, 0.1) is 0 Å². The molecule has 108 valence electrons. The number of benzene rings is 1. The van der Waals surface area contributed by atoms with E-state index < -0.39 is 11.4 Å². The summed E-state index contributed by atoms with van der Waals surface area (Å²) in [6.07, 6.45) is 0.902. The molecule has 4 N–H and O–H groups in total. The Kier molecular flexibility index (Phi) is 3.57. The molecule has 0 aliphatic rings. The number of imidazole rings is 1. The van der Waals surface area contributed by atoms with Gasteiger partial charge in [0.05, 0.1) is 12.1 Å². The monoisotopic (exact) mass is 276 g/mol. The van der Waals surface area contributed by atoms with Crippen LogP contribution in [0.5, 0.6) is 5.75 Å². The summed E-state index contributed by atoms with van der Waals surface area (Å²) in [7, 11) is 0. The quantitative estimate of drug-likeness (QED) is 0.867. The second-order valence-corrected chi connectivity index (χ2v) is 5.20. The van der Waals surface area contributed by atoms with Gasteiger partial charge in [-0.15, -0.1) is 0 Å². The molecule has 0 saturated carbocycles. The Labute approximate surface area is 117 Å². The fraction of sp³-hybridized carbons (Fsp3) is 0.429. The van der Waals surface area contributed by atoms with Gasteiger partial charge in [-0.2, -0.15) is 0 Å². The van der Waals surface area contributed by atoms with E-state index in [1.807, 2.05) is 25.1 Å². The molecule has 0 bridgehead atoms. The lowest BCUT2D eigenvalue weighted by atomic mass is 10.0. The van der Waals surface area contributed by atoms with E-state index in [1.54, 1.807) is 18.4 Å². The van der Waals surface area contributed by atoms with E-state index in [0.717, 1.165) is 11.9 Å². The van der Waals surface area contributed by atoms with Crippen molar-refractivity contribution in [2.24, 2.45) is 5.73 Å². The molecule has 2 aromatic rings. The van der Waals surface area contributed by atoms with E-state index in [-0.39, 0.29) is 5.95 Å². The summed E-state index contributed by atoms with van der Waals surface area (Å²) in [5, 5.41) is 0. The van der Waals surface area contributed by atoms with Gasteiger partial charge in [0.2, 0.25) is 11.9 Å². The molecule has 0 radical (unpaired) electrons. The number of rotatable bonds is 5. The number of nitrogens with zero attached hydrogens (tertiary/aromatic N) is 2. The van der Waals surface area contributed by atoms with Gasteiger partial charge in [-0.25, -0.2) is 4.98 Å². The minimum Gasteiger partial charge on any atom is -0.491 e. The maximum atomic E-state index is 11.7. The number of nitrogens with two attached hydrogens (primary N) is 2. The molecular formula is C14H20N4O2. The average molecular weight is 276 g/mol.